The molecule has 0 atom stereocenters. The molecule has 0 aliphatic carbocycles. The van der Waals surface area contributed by atoms with E-state index in [1.165, 1.54) is 4.90 Å². The van der Waals surface area contributed by atoms with Crippen LogP contribution in [0.15, 0.2) is 62.4 Å². The zero-order chi connectivity index (χ0) is 14.8. The smallest absolute Gasteiger partial charge is 0.176 e. The molecular formula is C16H13BrN2OS. The van der Waals surface area contributed by atoms with E-state index in [1.54, 1.807) is 11.8 Å². The maximum atomic E-state index is 5.99. The van der Waals surface area contributed by atoms with Crippen molar-refractivity contribution in [3.63, 3.8) is 0 Å². The first-order chi connectivity index (χ1) is 10.2. The van der Waals surface area contributed by atoms with E-state index >= 15 is 0 Å². The number of nitrogen functional groups attached to an aromatic ring is 1. The molecule has 0 fully saturated rings. The third-order valence-electron chi connectivity index (χ3n) is 3.18. The number of rotatable bonds is 3. The van der Waals surface area contributed by atoms with Gasteiger partial charge in [0.2, 0.25) is 0 Å². The van der Waals surface area contributed by atoms with E-state index in [2.05, 4.69) is 33.2 Å². The second kappa shape index (κ2) is 5.95. The largest absolute Gasteiger partial charge is 0.380 e. The number of nitrogens with two attached hydrogens (primary N) is 1. The molecule has 0 aliphatic rings. The lowest BCUT2D eigenvalue weighted by atomic mass is 10.0. The summed E-state index contributed by atoms with van der Waals surface area (Å²) in [5.74, 6) is 1.09. The number of hydrogen-bond donors (Lipinski definition) is 1. The molecule has 0 saturated carbocycles. The molecule has 0 unspecified atom stereocenters. The van der Waals surface area contributed by atoms with Crippen molar-refractivity contribution in [3.05, 3.63) is 53.0 Å². The van der Waals surface area contributed by atoms with E-state index in [0.717, 1.165) is 21.2 Å². The monoisotopic (exact) mass is 360 g/mol. The number of benzene rings is 2. The zero-order valence-electron chi connectivity index (χ0n) is 11.3. The number of hydrogen-bond acceptors (Lipinski definition) is 4. The third-order valence-corrected chi connectivity index (χ3v) is 4.42. The average Bonchev–Trinajstić information content (AvgIpc) is 2.89. The Morgan fingerprint density at radius 2 is 1.86 bits per heavy atom. The molecule has 1 heterocycles. The molecule has 1 aromatic heterocycles. The van der Waals surface area contributed by atoms with Gasteiger partial charge in [-0.1, -0.05) is 33.2 Å². The van der Waals surface area contributed by atoms with Gasteiger partial charge in [0, 0.05) is 14.9 Å². The second-order valence-electron chi connectivity index (χ2n) is 4.51. The van der Waals surface area contributed by atoms with Gasteiger partial charge >= 0.3 is 0 Å². The van der Waals surface area contributed by atoms with E-state index in [-0.39, 0.29) is 0 Å². The lowest BCUT2D eigenvalue weighted by Gasteiger charge is -2.04. The molecule has 0 saturated heterocycles. The van der Waals surface area contributed by atoms with Gasteiger partial charge in [0.25, 0.3) is 0 Å². The quantitative estimate of drug-likeness (QED) is 0.662. The Morgan fingerprint density at radius 3 is 2.52 bits per heavy atom. The molecule has 0 aliphatic heterocycles. The highest BCUT2D eigenvalue weighted by atomic mass is 79.9. The lowest BCUT2D eigenvalue weighted by molar-refractivity contribution is 0.436. The van der Waals surface area contributed by atoms with Crippen LogP contribution in [0.2, 0.25) is 0 Å². The van der Waals surface area contributed by atoms with Crippen LogP contribution in [0.1, 0.15) is 0 Å². The lowest BCUT2D eigenvalue weighted by Crippen LogP contribution is -1.89. The van der Waals surface area contributed by atoms with Gasteiger partial charge in [-0.05, 0) is 48.2 Å². The van der Waals surface area contributed by atoms with Gasteiger partial charge < -0.3 is 10.3 Å². The number of thioether (sulfide) groups is 1. The Morgan fingerprint density at radius 1 is 1.10 bits per heavy atom. The van der Waals surface area contributed by atoms with Crippen LogP contribution in [-0.2, 0) is 0 Å². The number of halogens is 1. The van der Waals surface area contributed by atoms with Crippen molar-refractivity contribution in [2.75, 3.05) is 12.0 Å². The highest BCUT2D eigenvalue weighted by Crippen LogP contribution is 2.37. The summed E-state index contributed by atoms with van der Waals surface area (Å²) in [5.41, 5.74) is 8.76. The fourth-order valence-corrected chi connectivity index (χ4v) is 2.97. The minimum atomic E-state index is 0.400. The molecule has 3 rings (SSSR count). The summed E-state index contributed by atoms with van der Waals surface area (Å²) in [5, 5.41) is 3.92. The highest BCUT2D eigenvalue weighted by Gasteiger charge is 2.17. The maximum absolute atomic E-state index is 5.99. The fourth-order valence-electron chi connectivity index (χ4n) is 2.16. The molecule has 2 aromatic carbocycles. The topological polar surface area (TPSA) is 52.0 Å². The highest BCUT2D eigenvalue weighted by molar-refractivity contribution is 9.10. The van der Waals surface area contributed by atoms with Gasteiger partial charge in [-0.3, -0.25) is 0 Å². The predicted octanol–water partition coefficient (Wildman–Crippen LogP) is 5.08. The van der Waals surface area contributed by atoms with Gasteiger partial charge in [0.05, 0.1) is 5.56 Å². The Labute approximate surface area is 135 Å². The maximum Gasteiger partial charge on any atom is 0.176 e. The van der Waals surface area contributed by atoms with Crippen molar-refractivity contribution in [1.82, 2.24) is 5.16 Å². The van der Waals surface area contributed by atoms with Crippen LogP contribution in [-0.4, -0.2) is 11.4 Å². The van der Waals surface area contributed by atoms with Crippen molar-refractivity contribution in [2.24, 2.45) is 0 Å². The minimum Gasteiger partial charge on any atom is -0.380 e. The van der Waals surface area contributed by atoms with Gasteiger partial charge in [0.15, 0.2) is 11.6 Å². The van der Waals surface area contributed by atoms with Crippen LogP contribution >= 0.6 is 27.7 Å². The SMILES string of the molecule is CSc1ccc(-c2onc(N)c2-c2cccc(Br)c2)cc1. The van der Waals surface area contributed by atoms with Crippen LogP contribution in [0.5, 0.6) is 0 Å². The minimum absolute atomic E-state index is 0.400. The molecule has 5 heteroatoms. The summed E-state index contributed by atoms with van der Waals surface area (Å²) in [6, 6.07) is 16.1. The molecular weight excluding hydrogens is 348 g/mol. The first-order valence-electron chi connectivity index (χ1n) is 6.34. The van der Waals surface area contributed by atoms with Crippen molar-refractivity contribution in [2.45, 2.75) is 4.90 Å². The van der Waals surface area contributed by atoms with E-state index in [4.69, 9.17) is 10.3 Å². The molecule has 2 N–H and O–H groups in total. The van der Waals surface area contributed by atoms with Crippen molar-refractivity contribution in [1.29, 1.82) is 0 Å². The molecule has 0 spiro atoms. The van der Waals surface area contributed by atoms with Crippen LogP contribution in [0.4, 0.5) is 5.82 Å². The molecule has 0 amide bonds. The van der Waals surface area contributed by atoms with Gasteiger partial charge in [0.1, 0.15) is 0 Å². The van der Waals surface area contributed by atoms with Crippen LogP contribution in [0, 0.1) is 0 Å². The second-order valence-corrected chi connectivity index (χ2v) is 6.31. The summed E-state index contributed by atoms with van der Waals surface area (Å²) in [6.45, 7) is 0. The molecule has 21 heavy (non-hydrogen) atoms. The molecule has 0 radical (unpaired) electrons. The average molecular weight is 361 g/mol. The van der Waals surface area contributed by atoms with Gasteiger partial charge in [-0.25, -0.2) is 0 Å². The summed E-state index contributed by atoms with van der Waals surface area (Å²) in [4.78, 5) is 1.20. The normalized spacial score (nSPS) is 10.8. The summed E-state index contributed by atoms with van der Waals surface area (Å²) < 4.78 is 6.44. The predicted molar refractivity (Wildman–Crippen MR) is 91.3 cm³/mol. The fraction of sp³-hybridized carbons (Fsp3) is 0.0625. The van der Waals surface area contributed by atoms with Crippen LogP contribution in [0.25, 0.3) is 22.5 Å². The summed E-state index contributed by atoms with van der Waals surface area (Å²) in [6.07, 6.45) is 2.05. The van der Waals surface area contributed by atoms with Crippen LogP contribution < -0.4 is 5.73 Å². The number of anilines is 1. The van der Waals surface area contributed by atoms with E-state index in [1.807, 2.05) is 42.7 Å². The van der Waals surface area contributed by atoms with E-state index in [9.17, 15) is 0 Å². The Balaban J connectivity index is 2.12. The Kier molecular flexibility index (Phi) is 4.03. The Bertz CT molecular complexity index is 768. The third kappa shape index (κ3) is 2.84. The van der Waals surface area contributed by atoms with Gasteiger partial charge in [-0.2, -0.15) is 0 Å². The van der Waals surface area contributed by atoms with Crippen molar-refractivity contribution >= 4 is 33.5 Å². The van der Waals surface area contributed by atoms with E-state index < -0.39 is 0 Å². The first kappa shape index (κ1) is 14.2. The van der Waals surface area contributed by atoms with Crippen LogP contribution in [0.3, 0.4) is 0 Å². The molecule has 3 aromatic rings. The van der Waals surface area contributed by atoms with Crippen molar-refractivity contribution in [3.8, 4) is 22.5 Å². The summed E-state index contributed by atoms with van der Waals surface area (Å²) >= 11 is 5.18. The molecule has 106 valence electrons. The van der Waals surface area contributed by atoms with E-state index in [0.29, 0.717) is 11.6 Å². The molecule has 3 nitrogen and oxygen atoms in total. The number of aromatic nitrogens is 1. The van der Waals surface area contributed by atoms with Gasteiger partial charge in [-0.15, -0.1) is 11.8 Å². The first-order valence-corrected chi connectivity index (χ1v) is 8.36. The zero-order valence-corrected chi connectivity index (χ0v) is 13.7. The van der Waals surface area contributed by atoms with Crippen molar-refractivity contribution < 1.29 is 4.52 Å². The standard InChI is InChI=1S/C16H13BrN2OS/c1-21-13-7-5-10(6-8-13)15-14(16(18)19-20-15)11-3-2-4-12(17)9-11/h2-9H,1H3,(H2,18,19). The number of nitrogens with zero attached hydrogens (tertiary/aromatic N) is 1. The summed E-state index contributed by atoms with van der Waals surface area (Å²) in [7, 11) is 0. The Hall–Kier alpha value is -1.72. The molecule has 0 bridgehead atoms.